The van der Waals surface area contributed by atoms with Gasteiger partial charge in [0, 0.05) is 5.69 Å². The van der Waals surface area contributed by atoms with Gasteiger partial charge < -0.3 is 9.84 Å². The molecule has 4 nitrogen and oxygen atoms in total. The number of nitrogens with one attached hydrogen (secondary N) is 1. The maximum absolute atomic E-state index is 11.6. The second kappa shape index (κ2) is 5.19. The first-order chi connectivity index (χ1) is 7.81. The van der Waals surface area contributed by atoms with Crippen LogP contribution < -0.4 is 5.32 Å². The molecule has 0 saturated carbocycles. The van der Waals surface area contributed by atoms with Crippen LogP contribution >= 0.6 is 0 Å². The Labute approximate surface area is 102 Å². The summed E-state index contributed by atoms with van der Waals surface area (Å²) in [5.74, 6) is 0. The topological polar surface area (TPSA) is 58.6 Å². The van der Waals surface area contributed by atoms with Crippen LogP contribution in [0.1, 0.15) is 31.9 Å². The zero-order chi connectivity index (χ0) is 13.1. The number of aliphatic hydroxyl groups is 1. The third kappa shape index (κ3) is 4.44. The summed E-state index contributed by atoms with van der Waals surface area (Å²) in [4.78, 5) is 11.6. The van der Waals surface area contributed by atoms with Crippen LogP contribution in [0, 0.1) is 6.92 Å². The average Bonchev–Trinajstić information content (AvgIpc) is 2.18. The molecule has 0 spiro atoms. The smallest absolute Gasteiger partial charge is 0.412 e. The lowest BCUT2D eigenvalue weighted by atomic mass is 10.1. The largest absolute Gasteiger partial charge is 0.444 e. The lowest BCUT2D eigenvalue weighted by Crippen LogP contribution is -2.27. The SMILES string of the molecule is Cc1ccc(CO)cc1NC(=O)OC(C)(C)C. The predicted octanol–water partition coefficient (Wildman–Crippen LogP) is 2.83. The van der Waals surface area contributed by atoms with E-state index in [4.69, 9.17) is 9.84 Å². The lowest BCUT2D eigenvalue weighted by molar-refractivity contribution is 0.0636. The molecular formula is C13H19NO3. The van der Waals surface area contributed by atoms with Crippen molar-refractivity contribution >= 4 is 11.8 Å². The van der Waals surface area contributed by atoms with E-state index in [1.807, 2.05) is 39.8 Å². The number of carbonyl (C=O) groups excluding carboxylic acids is 1. The summed E-state index contributed by atoms with van der Waals surface area (Å²) in [5.41, 5.74) is 1.81. The van der Waals surface area contributed by atoms with E-state index < -0.39 is 11.7 Å². The van der Waals surface area contributed by atoms with Gasteiger partial charge in [-0.25, -0.2) is 4.79 Å². The molecule has 1 amide bonds. The zero-order valence-corrected chi connectivity index (χ0v) is 10.7. The van der Waals surface area contributed by atoms with Crippen LogP contribution in [0.5, 0.6) is 0 Å². The minimum absolute atomic E-state index is 0.0523. The van der Waals surface area contributed by atoms with Crippen LogP contribution in [0.4, 0.5) is 10.5 Å². The highest BCUT2D eigenvalue weighted by molar-refractivity contribution is 5.86. The molecule has 0 radical (unpaired) electrons. The molecule has 0 fully saturated rings. The average molecular weight is 237 g/mol. The standard InChI is InChI=1S/C13H19NO3/c1-9-5-6-10(8-15)7-11(9)14-12(16)17-13(2,3)4/h5-7,15H,8H2,1-4H3,(H,14,16). The maximum Gasteiger partial charge on any atom is 0.412 e. The van der Waals surface area contributed by atoms with E-state index in [1.54, 1.807) is 6.07 Å². The van der Waals surface area contributed by atoms with Crippen molar-refractivity contribution in [2.24, 2.45) is 0 Å². The number of rotatable bonds is 2. The van der Waals surface area contributed by atoms with Crippen LogP contribution in [-0.2, 0) is 11.3 Å². The molecule has 1 rings (SSSR count). The summed E-state index contributed by atoms with van der Waals surface area (Å²) in [6.45, 7) is 7.26. The fourth-order valence-corrected chi connectivity index (χ4v) is 1.32. The first-order valence-electron chi connectivity index (χ1n) is 5.52. The number of amides is 1. The monoisotopic (exact) mass is 237 g/mol. The van der Waals surface area contributed by atoms with Crippen molar-refractivity contribution in [3.05, 3.63) is 29.3 Å². The zero-order valence-electron chi connectivity index (χ0n) is 10.7. The van der Waals surface area contributed by atoms with E-state index in [2.05, 4.69) is 5.32 Å². The molecule has 0 aromatic heterocycles. The molecule has 0 unspecified atom stereocenters. The number of ether oxygens (including phenoxy) is 1. The van der Waals surface area contributed by atoms with Gasteiger partial charge in [0.15, 0.2) is 0 Å². The van der Waals surface area contributed by atoms with E-state index in [-0.39, 0.29) is 6.61 Å². The van der Waals surface area contributed by atoms with Crippen molar-refractivity contribution in [3.8, 4) is 0 Å². The van der Waals surface area contributed by atoms with Crippen molar-refractivity contribution in [3.63, 3.8) is 0 Å². The molecule has 94 valence electrons. The lowest BCUT2D eigenvalue weighted by Gasteiger charge is -2.20. The number of carbonyl (C=O) groups is 1. The van der Waals surface area contributed by atoms with Gasteiger partial charge in [-0.1, -0.05) is 12.1 Å². The Hall–Kier alpha value is -1.55. The molecule has 1 aromatic carbocycles. The summed E-state index contributed by atoms with van der Waals surface area (Å²) >= 11 is 0. The predicted molar refractivity (Wildman–Crippen MR) is 67.0 cm³/mol. The Morgan fingerprint density at radius 3 is 2.59 bits per heavy atom. The van der Waals surface area contributed by atoms with E-state index >= 15 is 0 Å². The summed E-state index contributed by atoms with van der Waals surface area (Å²) in [7, 11) is 0. The normalized spacial score (nSPS) is 11.1. The number of aliphatic hydroxyl groups excluding tert-OH is 1. The molecular weight excluding hydrogens is 218 g/mol. The number of hydrogen-bond donors (Lipinski definition) is 2. The van der Waals surface area contributed by atoms with Crippen molar-refractivity contribution in [2.75, 3.05) is 5.32 Å². The fraction of sp³-hybridized carbons (Fsp3) is 0.462. The van der Waals surface area contributed by atoms with Gasteiger partial charge in [-0.2, -0.15) is 0 Å². The molecule has 0 saturated heterocycles. The van der Waals surface area contributed by atoms with Crippen LogP contribution in [0.2, 0.25) is 0 Å². The van der Waals surface area contributed by atoms with Gasteiger partial charge in [-0.15, -0.1) is 0 Å². The van der Waals surface area contributed by atoms with Gasteiger partial charge in [0.25, 0.3) is 0 Å². The Morgan fingerprint density at radius 1 is 1.41 bits per heavy atom. The Kier molecular flexibility index (Phi) is 4.12. The molecule has 4 heteroatoms. The molecule has 0 heterocycles. The molecule has 0 aliphatic heterocycles. The van der Waals surface area contributed by atoms with Crippen molar-refractivity contribution in [1.82, 2.24) is 0 Å². The second-order valence-electron chi connectivity index (χ2n) is 4.93. The molecule has 2 N–H and O–H groups in total. The summed E-state index contributed by atoms with van der Waals surface area (Å²) in [6.07, 6.45) is -0.490. The summed E-state index contributed by atoms with van der Waals surface area (Å²) in [6, 6.07) is 5.40. The molecule has 0 aliphatic rings. The van der Waals surface area contributed by atoms with Crippen LogP contribution in [0.25, 0.3) is 0 Å². The molecule has 0 atom stereocenters. The van der Waals surface area contributed by atoms with Crippen LogP contribution in [0.3, 0.4) is 0 Å². The van der Waals surface area contributed by atoms with Gasteiger partial charge in [0.05, 0.1) is 6.61 Å². The maximum atomic E-state index is 11.6. The van der Waals surface area contributed by atoms with E-state index in [9.17, 15) is 4.79 Å². The van der Waals surface area contributed by atoms with Gasteiger partial charge in [0.2, 0.25) is 0 Å². The van der Waals surface area contributed by atoms with Gasteiger partial charge in [0.1, 0.15) is 5.60 Å². The highest BCUT2D eigenvalue weighted by Crippen LogP contribution is 2.18. The minimum atomic E-state index is -0.521. The van der Waals surface area contributed by atoms with Crippen molar-refractivity contribution in [1.29, 1.82) is 0 Å². The first-order valence-corrected chi connectivity index (χ1v) is 5.52. The van der Waals surface area contributed by atoms with Gasteiger partial charge in [-0.05, 0) is 44.9 Å². The Balaban J connectivity index is 2.77. The summed E-state index contributed by atoms with van der Waals surface area (Å²) in [5, 5.41) is 11.7. The second-order valence-corrected chi connectivity index (χ2v) is 4.93. The third-order valence-electron chi connectivity index (χ3n) is 2.12. The molecule has 0 aliphatic carbocycles. The van der Waals surface area contributed by atoms with E-state index in [0.29, 0.717) is 5.69 Å². The number of benzene rings is 1. The molecule has 0 bridgehead atoms. The number of aryl methyl sites for hydroxylation is 1. The van der Waals surface area contributed by atoms with Crippen molar-refractivity contribution in [2.45, 2.75) is 39.9 Å². The van der Waals surface area contributed by atoms with Crippen LogP contribution in [0.15, 0.2) is 18.2 Å². The Morgan fingerprint density at radius 2 is 2.06 bits per heavy atom. The molecule has 1 aromatic rings. The fourth-order valence-electron chi connectivity index (χ4n) is 1.32. The highest BCUT2D eigenvalue weighted by atomic mass is 16.6. The van der Waals surface area contributed by atoms with E-state index in [1.165, 1.54) is 0 Å². The Bertz CT molecular complexity index is 408. The van der Waals surface area contributed by atoms with Gasteiger partial charge >= 0.3 is 6.09 Å². The third-order valence-corrected chi connectivity index (χ3v) is 2.12. The number of hydrogen-bond acceptors (Lipinski definition) is 3. The van der Waals surface area contributed by atoms with Crippen molar-refractivity contribution < 1.29 is 14.6 Å². The van der Waals surface area contributed by atoms with E-state index in [0.717, 1.165) is 11.1 Å². The first kappa shape index (κ1) is 13.5. The van der Waals surface area contributed by atoms with Crippen LogP contribution in [-0.4, -0.2) is 16.8 Å². The summed E-state index contributed by atoms with van der Waals surface area (Å²) < 4.78 is 5.16. The molecule has 17 heavy (non-hydrogen) atoms. The number of anilines is 1. The quantitative estimate of drug-likeness (QED) is 0.831. The minimum Gasteiger partial charge on any atom is -0.444 e. The highest BCUT2D eigenvalue weighted by Gasteiger charge is 2.16. The van der Waals surface area contributed by atoms with Gasteiger partial charge in [-0.3, -0.25) is 5.32 Å².